The average molecular weight is 413 g/mol. The Morgan fingerprint density at radius 2 is 1.80 bits per heavy atom. The van der Waals surface area contributed by atoms with Crippen LogP contribution in [0.5, 0.6) is 0 Å². The summed E-state index contributed by atoms with van der Waals surface area (Å²) in [6, 6.07) is 9.46. The van der Waals surface area contributed by atoms with Crippen molar-refractivity contribution in [1.82, 2.24) is 20.2 Å². The molecule has 1 aliphatic rings. The number of benzene rings is 2. The Labute approximate surface area is 168 Å². The third kappa shape index (κ3) is 3.16. The molecule has 152 valence electrons. The van der Waals surface area contributed by atoms with Gasteiger partial charge in [-0.15, -0.1) is 0 Å². The van der Waals surface area contributed by atoms with Crippen molar-refractivity contribution in [3.63, 3.8) is 0 Å². The molecule has 0 saturated heterocycles. The zero-order valence-electron chi connectivity index (χ0n) is 15.5. The highest BCUT2D eigenvalue weighted by atomic mass is 19.4. The molecule has 5 nitrogen and oxygen atoms in total. The second-order valence-electron chi connectivity index (χ2n) is 7.11. The van der Waals surface area contributed by atoms with Gasteiger partial charge in [0.15, 0.2) is 11.6 Å². The molecular formula is C21H15F4N5. The number of H-pyrrole nitrogens is 1. The normalized spacial score (nSPS) is 13.6. The highest BCUT2D eigenvalue weighted by Crippen LogP contribution is 2.38. The van der Waals surface area contributed by atoms with Crippen molar-refractivity contribution < 1.29 is 17.6 Å². The standard InChI is InChI=1S/C21H15F4N5/c22-11-8-9-17-14(10-11)20(30-29-17)28-19-13-5-3-7-16(13)26-18(27-19)12-4-1-2-6-15(12)21(23,24)25/h1-2,4,6,8-10H,3,5,7H2,(H2,26,27,28,29,30). The molecule has 5 rings (SSSR count). The number of hydrogen-bond acceptors (Lipinski definition) is 4. The van der Waals surface area contributed by atoms with Crippen molar-refractivity contribution in [3.05, 3.63) is 65.1 Å². The molecule has 1 aliphatic carbocycles. The van der Waals surface area contributed by atoms with E-state index in [4.69, 9.17) is 0 Å². The molecule has 0 radical (unpaired) electrons. The summed E-state index contributed by atoms with van der Waals surface area (Å²) < 4.78 is 54.2. The van der Waals surface area contributed by atoms with E-state index in [0.29, 0.717) is 41.1 Å². The van der Waals surface area contributed by atoms with Gasteiger partial charge in [0, 0.05) is 22.2 Å². The molecule has 0 unspecified atom stereocenters. The molecule has 2 N–H and O–H groups in total. The number of aromatic amines is 1. The number of alkyl halides is 3. The average Bonchev–Trinajstić information content (AvgIpc) is 3.34. The molecule has 0 fully saturated rings. The number of halogens is 4. The molecule has 2 aromatic carbocycles. The van der Waals surface area contributed by atoms with Crippen LogP contribution in [0.2, 0.25) is 0 Å². The Kier molecular flexibility index (Phi) is 4.19. The van der Waals surface area contributed by atoms with Crippen molar-refractivity contribution >= 4 is 22.5 Å². The molecular weight excluding hydrogens is 398 g/mol. The van der Waals surface area contributed by atoms with E-state index in [2.05, 4.69) is 25.5 Å². The Bertz CT molecular complexity index is 1260. The third-order valence-corrected chi connectivity index (χ3v) is 5.17. The highest BCUT2D eigenvalue weighted by Gasteiger charge is 2.34. The largest absolute Gasteiger partial charge is 0.417 e. The van der Waals surface area contributed by atoms with Crippen LogP contribution in [0.4, 0.5) is 29.2 Å². The van der Waals surface area contributed by atoms with Crippen molar-refractivity contribution in [3.8, 4) is 11.4 Å². The van der Waals surface area contributed by atoms with Crippen molar-refractivity contribution in [2.75, 3.05) is 5.32 Å². The number of fused-ring (bicyclic) bond motifs is 2. The number of aromatic nitrogens is 4. The van der Waals surface area contributed by atoms with Gasteiger partial charge in [0.2, 0.25) is 0 Å². The Morgan fingerprint density at radius 1 is 0.967 bits per heavy atom. The lowest BCUT2D eigenvalue weighted by Gasteiger charge is -2.15. The molecule has 0 aliphatic heterocycles. The van der Waals surface area contributed by atoms with Crippen LogP contribution < -0.4 is 5.32 Å². The number of aryl methyl sites for hydroxylation is 1. The fourth-order valence-corrected chi connectivity index (χ4v) is 3.78. The zero-order chi connectivity index (χ0) is 20.9. The second-order valence-corrected chi connectivity index (χ2v) is 7.11. The van der Waals surface area contributed by atoms with Gasteiger partial charge in [0.1, 0.15) is 11.6 Å². The van der Waals surface area contributed by atoms with Crippen molar-refractivity contribution in [1.29, 1.82) is 0 Å². The topological polar surface area (TPSA) is 66.5 Å². The van der Waals surface area contributed by atoms with E-state index in [9.17, 15) is 17.6 Å². The molecule has 0 bridgehead atoms. The van der Waals surface area contributed by atoms with Gasteiger partial charge in [-0.1, -0.05) is 18.2 Å². The molecule has 4 aromatic rings. The van der Waals surface area contributed by atoms with E-state index in [-0.39, 0.29) is 11.4 Å². The van der Waals surface area contributed by atoms with Gasteiger partial charge in [-0.3, -0.25) is 5.10 Å². The van der Waals surface area contributed by atoms with E-state index >= 15 is 0 Å². The first-order chi connectivity index (χ1) is 14.4. The molecule has 2 aromatic heterocycles. The molecule has 0 spiro atoms. The fourth-order valence-electron chi connectivity index (χ4n) is 3.78. The number of hydrogen-bond donors (Lipinski definition) is 2. The lowest BCUT2D eigenvalue weighted by Crippen LogP contribution is -2.10. The van der Waals surface area contributed by atoms with Gasteiger partial charge in [0.05, 0.1) is 11.1 Å². The maximum Gasteiger partial charge on any atom is 0.417 e. The minimum absolute atomic E-state index is 0.00269. The van der Waals surface area contributed by atoms with Crippen LogP contribution in [-0.2, 0) is 19.0 Å². The van der Waals surface area contributed by atoms with E-state index in [1.807, 2.05) is 0 Å². The summed E-state index contributed by atoms with van der Waals surface area (Å²) >= 11 is 0. The molecule has 2 heterocycles. The lowest BCUT2D eigenvalue weighted by molar-refractivity contribution is -0.137. The summed E-state index contributed by atoms with van der Waals surface area (Å²) in [5, 5.41) is 10.6. The monoisotopic (exact) mass is 413 g/mol. The summed E-state index contributed by atoms with van der Waals surface area (Å²) in [4.78, 5) is 8.85. The van der Waals surface area contributed by atoms with Crippen molar-refractivity contribution in [2.45, 2.75) is 25.4 Å². The van der Waals surface area contributed by atoms with Crippen LogP contribution in [0.1, 0.15) is 23.2 Å². The van der Waals surface area contributed by atoms with Gasteiger partial charge >= 0.3 is 6.18 Å². The quantitative estimate of drug-likeness (QED) is 0.441. The molecule has 9 heteroatoms. The summed E-state index contributed by atoms with van der Waals surface area (Å²) in [6.07, 6.45) is -2.33. The maximum atomic E-state index is 13.7. The molecule has 0 amide bonds. The molecule has 0 atom stereocenters. The summed E-state index contributed by atoms with van der Waals surface area (Å²) in [6.45, 7) is 0. The van der Waals surface area contributed by atoms with Crippen LogP contribution in [0.15, 0.2) is 42.5 Å². The SMILES string of the molecule is Fc1ccc2[nH]nc(Nc3nc(-c4ccccc4C(F)(F)F)nc4c3CCC4)c2c1. The number of nitrogens with zero attached hydrogens (tertiary/aromatic N) is 3. The van der Waals surface area contributed by atoms with Gasteiger partial charge in [-0.25, -0.2) is 14.4 Å². The highest BCUT2D eigenvalue weighted by molar-refractivity contribution is 5.91. The van der Waals surface area contributed by atoms with Gasteiger partial charge in [0.25, 0.3) is 0 Å². The van der Waals surface area contributed by atoms with Crippen LogP contribution in [0.3, 0.4) is 0 Å². The summed E-state index contributed by atoms with van der Waals surface area (Å²) in [5.74, 6) is 0.325. The summed E-state index contributed by atoms with van der Waals surface area (Å²) in [5.41, 5.74) is 1.32. The van der Waals surface area contributed by atoms with Crippen molar-refractivity contribution in [2.24, 2.45) is 0 Å². The van der Waals surface area contributed by atoms with Gasteiger partial charge < -0.3 is 5.32 Å². The fraction of sp³-hybridized carbons (Fsp3) is 0.190. The molecule has 30 heavy (non-hydrogen) atoms. The van der Waals surface area contributed by atoms with Crippen LogP contribution in [0, 0.1) is 5.82 Å². The molecule has 0 saturated carbocycles. The number of nitrogens with one attached hydrogen (secondary N) is 2. The van der Waals surface area contributed by atoms with Crippen LogP contribution in [0.25, 0.3) is 22.3 Å². The maximum absolute atomic E-state index is 13.7. The number of anilines is 2. The first-order valence-electron chi connectivity index (χ1n) is 9.37. The van der Waals surface area contributed by atoms with Crippen LogP contribution in [-0.4, -0.2) is 20.2 Å². The first kappa shape index (κ1) is 18.5. The third-order valence-electron chi connectivity index (χ3n) is 5.17. The van der Waals surface area contributed by atoms with E-state index in [1.165, 1.54) is 30.3 Å². The second kappa shape index (κ2) is 6.79. The van der Waals surface area contributed by atoms with Gasteiger partial charge in [-0.05, 0) is 43.5 Å². The minimum Gasteiger partial charge on any atom is -0.323 e. The first-order valence-corrected chi connectivity index (χ1v) is 9.37. The predicted octanol–water partition coefficient (Wildman–Crippen LogP) is 5.41. The Hall–Kier alpha value is -3.49. The predicted molar refractivity (Wildman–Crippen MR) is 104 cm³/mol. The van der Waals surface area contributed by atoms with Crippen LogP contribution >= 0.6 is 0 Å². The van der Waals surface area contributed by atoms with E-state index in [1.54, 1.807) is 6.07 Å². The lowest BCUT2D eigenvalue weighted by atomic mass is 10.1. The van der Waals surface area contributed by atoms with E-state index in [0.717, 1.165) is 18.1 Å². The Morgan fingerprint density at radius 3 is 2.63 bits per heavy atom. The summed E-state index contributed by atoms with van der Waals surface area (Å²) in [7, 11) is 0. The Balaban J connectivity index is 1.64. The van der Waals surface area contributed by atoms with Gasteiger partial charge in [-0.2, -0.15) is 18.3 Å². The smallest absolute Gasteiger partial charge is 0.323 e. The number of rotatable bonds is 3. The minimum atomic E-state index is -4.53. The van der Waals surface area contributed by atoms with E-state index < -0.39 is 17.6 Å². The zero-order valence-corrected chi connectivity index (χ0v) is 15.5.